The zero-order valence-electron chi connectivity index (χ0n) is 17.2. The quantitative estimate of drug-likeness (QED) is 0.651. The molecule has 0 aliphatic carbocycles. The minimum atomic E-state index is -0.487. The van der Waals surface area contributed by atoms with Crippen LogP contribution >= 0.6 is 12.2 Å². The lowest BCUT2D eigenvalue weighted by molar-refractivity contribution is -0.113. The monoisotopic (exact) mass is 411 g/mol. The van der Waals surface area contributed by atoms with Crippen molar-refractivity contribution in [3.05, 3.63) is 64.4 Å². The Labute approximate surface area is 176 Å². The van der Waals surface area contributed by atoms with Gasteiger partial charge >= 0.3 is 0 Å². The Balaban J connectivity index is 2.03. The first-order valence-corrected chi connectivity index (χ1v) is 9.63. The lowest BCUT2D eigenvalue weighted by Crippen LogP contribution is -2.45. The van der Waals surface area contributed by atoms with E-state index in [1.807, 2.05) is 57.2 Å². The van der Waals surface area contributed by atoms with Gasteiger partial charge in [-0.1, -0.05) is 17.7 Å². The van der Waals surface area contributed by atoms with Crippen molar-refractivity contribution in [2.75, 3.05) is 19.5 Å². The van der Waals surface area contributed by atoms with Crippen LogP contribution < -0.4 is 25.4 Å². The molecule has 0 aromatic heterocycles. The average molecular weight is 412 g/mol. The van der Waals surface area contributed by atoms with E-state index in [1.54, 1.807) is 14.2 Å². The molecule has 152 valence electrons. The summed E-state index contributed by atoms with van der Waals surface area (Å²) in [7, 11) is 3.19. The van der Waals surface area contributed by atoms with Gasteiger partial charge in [0.2, 0.25) is 0 Å². The number of hydrogen-bond acceptors (Lipinski definition) is 4. The van der Waals surface area contributed by atoms with Crippen LogP contribution in [-0.2, 0) is 4.79 Å². The molecule has 29 heavy (non-hydrogen) atoms. The number of allylic oxidation sites excluding steroid dienone is 1. The van der Waals surface area contributed by atoms with Crippen LogP contribution in [0.3, 0.4) is 0 Å². The minimum absolute atomic E-state index is 0.216. The van der Waals surface area contributed by atoms with E-state index in [1.165, 1.54) is 0 Å². The number of anilines is 1. The standard InChI is InChI=1S/C22H25N3O3S/c1-12-6-8-17(13(2)10-12)24-21(26)19-14(3)23-22(29)25-20(19)16-11-15(27-4)7-9-18(16)28-5/h6-11,20H,1-5H3,(H,24,26)(H2,23,25,29). The molecule has 3 rings (SSSR count). The van der Waals surface area contributed by atoms with Crippen LogP contribution in [0.1, 0.15) is 29.7 Å². The van der Waals surface area contributed by atoms with Crippen molar-refractivity contribution in [2.24, 2.45) is 0 Å². The van der Waals surface area contributed by atoms with Gasteiger partial charge in [0.05, 0.1) is 25.8 Å². The summed E-state index contributed by atoms with van der Waals surface area (Å²) < 4.78 is 10.9. The van der Waals surface area contributed by atoms with Crippen LogP contribution in [0.4, 0.5) is 5.69 Å². The molecule has 1 amide bonds. The summed E-state index contributed by atoms with van der Waals surface area (Å²) in [6.07, 6.45) is 0. The van der Waals surface area contributed by atoms with Gasteiger partial charge in [-0.3, -0.25) is 4.79 Å². The van der Waals surface area contributed by atoms with Crippen LogP contribution in [-0.4, -0.2) is 25.2 Å². The molecule has 0 saturated heterocycles. The second-order valence-corrected chi connectivity index (χ2v) is 7.36. The number of thiocarbonyl (C=S) groups is 1. The minimum Gasteiger partial charge on any atom is -0.497 e. The maximum Gasteiger partial charge on any atom is 0.255 e. The smallest absolute Gasteiger partial charge is 0.255 e. The Kier molecular flexibility index (Phi) is 6.08. The molecular formula is C22H25N3O3S. The molecule has 1 unspecified atom stereocenters. The number of methoxy groups -OCH3 is 2. The molecule has 7 heteroatoms. The lowest BCUT2D eigenvalue weighted by atomic mass is 9.93. The van der Waals surface area contributed by atoms with E-state index in [9.17, 15) is 4.79 Å². The second kappa shape index (κ2) is 8.53. The first kappa shape index (κ1) is 20.7. The number of ether oxygens (including phenoxy) is 2. The van der Waals surface area contributed by atoms with Gasteiger partial charge in [0, 0.05) is 16.9 Å². The van der Waals surface area contributed by atoms with Crippen molar-refractivity contribution < 1.29 is 14.3 Å². The molecule has 2 aromatic rings. The van der Waals surface area contributed by atoms with Crippen molar-refractivity contribution >= 4 is 28.9 Å². The van der Waals surface area contributed by atoms with Gasteiger partial charge in [0.25, 0.3) is 5.91 Å². The van der Waals surface area contributed by atoms with Gasteiger partial charge in [-0.25, -0.2) is 0 Å². The fourth-order valence-corrected chi connectivity index (χ4v) is 3.71. The van der Waals surface area contributed by atoms with E-state index < -0.39 is 6.04 Å². The molecule has 3 N–H and O–H groups in total. The highest BCUT2D eigenvalue weighted by Gasteiger charge is 2.32. The van der Waals surface area contributed by atoms with Gasteiger partial charge in [0.15, 0.2) is 5.11 Å². The summed E-state index contributed by atoms with van der Waals surface area (Å²) in [5, 5.41) is 9.72. The number of rotatable bonds is 5. The highest BCUT2D eigenvalue weighted by molar-refractivity contribution is 7.80. The zero-order chi connectivity index (χ0) is 21.1. The Hall–Kier alpha value is -3.06. The first-order valence-electron chi connectivity index (χ1n) is 9.23. The van der Waals surface area contributed by atoms with Crippen LogP contribution in [0.25, 0.3) is 0 Å². The third kappa shape index (κ3) is 4.35. The first-order chi connectivity index (χ1) is 13.8. The summed E-state index contributed by atoms with van der Waals surface area (Å²) in [5.41, 5.74) is 4.89. The SMILES string of the molecule is COc1ccc(OC)c(C2NC(=S)NC(C)=C2C(=O)Nc2ccc(C)cc2C)c1. The number of amides is 1. The van der Waals surface area contributed by atoms with E-state index >= 15 is 0 Å². The normalized spacial score (nSPS) is 16.0. The van der Waals surface area contributed by atoms with Gasteiger partial charge < -0.3 is 25.4 Å². The van der Waals surface area contributed by atoms with Crippen LogP contribution in [0.15, 0.2) is 47.7 Å². The predicted molar refractivity (Wildman–Crippen MR) is 118 cm³/mol. The summed E-state index contributed by atoms with van der Waals surface area (Å²) in [6, 6.07) is 10.9. The highest BCUT2D eigenvalue weighted by Crippen LogP contribution is 2.36. The molecule has 0 fully saturated rings. The number of benzene rings is 2. The van der Waals surface area contributed by atoms with Crippen molar-refractivity contribution in [3.8, 4) is 11.5 Å². The van der Waals surface area contributed by atoms with Crippen molar-refractivity contribution in [1.29, 1.82) is 0 Å². The Morgan fingerprint density at radius 2 is 1.83 bits per heavy atom. The Morgan fingerprint density at radius 1 is 1.07 bits per heavy atom. The van der Waals surface area contributed by atoms with Crippen LogP contribution in [0, 0.1) is 13.8 Å². The van der Waals surface area contributed by atoms with Crippen LogP contribution in [0.5, 0.6) is 11.5 Å². The van der Waals surface area contributed by atoms with E-state index in [0.717, 1.165) is 22.4 Å². The molecule has 0 radical (unpaired) electrons. The number of aryl methyl sites for hydroxylation is 2. The lowest BCUT2D eigenvalue weighted by Gasteiger charge is -2.31. The average Bonchev–Trinajstić information content (AvgIpc) is 2.68. The van der Waals surface area contributed by atoms with E-state index in [2.05, 4.69) is 16.0 Å². The van der Waals surface area contributed by atoms with E-state index in [0.29, 0.717) is 27.9 Å². The summed E-state index contributed by atoms with van der Waals surface area (Å²) >= 11 is 5.34. The molecule has 1 atom stereocenters. The topological polar surface area (TPSA) is 71.6 Å². The molecule has 0 spiro atoms. The largest absolute Gasteiger partial charge is 0.497 e. The Bertz CT molecular complexity index is 1000. The number of carbonyl (C=O) groups excluding carboxylic acids is 1. The molecule has 1 aliphatic heterocycles. The number of carbonyl (C=O) groups is 1. The van der Waals surface area contributed by atoms with E-state index in [-0.39, 0.29) is 5.91 Å². The van der Waals surface area contributed by atoms with Crippen LogP contribution in [0.2, 0.25) is 0 Å². The Morgan fingerprint density at radius 3 is 2.48 bits per heavy atom. The summed E-state index contributed by atoms with van der Waals surface area (Å²) in [5.74, 6) is 1.09. The fourth-order valence-electron chi connectivity index (χ4n) is 3.44. The van der Waals surface area contributed by atoms with Crippen molar-refractivity contribution in [1.82, 2.24) is 10.6 Å². The van der Waals surface area contributed by atoms with Gasteiger partial charge in [0.1, 0.15) is 11.5 Å². The molecule has 6 nitrogen and oxygen atoms in total. The summed E-state index contributed by atoms with van der Waals surface area (Å²) in [6.45, 7) is 5.83. The van der Waals surface area contributed by atoms with E-state index in [4.69, 9.17) is 21.7 Å². The number of hydrogen-bond donors (Lipinski definition) is 3. The molecule has 1 aliphatic rings. The predicted octanol–water partition coefficient (Wildman–Crippen LogP) is 3.75. The highest BCUT2D eigenvalue weighted by atomic mass is 32.1. The molecule has 2 aromatic carbocycles. The molecule has 1 heterocycles. The van der Waals surface area contributed by atoms with Crippen molar-refractivity contribution in [3.63, 3.8) is 0 Å². The van der Waals surface area contributed by atoms with Gasteiger partial charge in [-0.05, 0) is 62.8 Å². The van der Waals surface area contributed by atoms with Gasteiger partial charge in [-0.15, -0.1) is 0 Å². The fraction of sp³-hybridized carbons (Fsp3) is 0.273. The third-order valence-electron chi connectivity index (χ3n) is 4.89. The molecular weight excluding hydrogens is 386 g/mol. The zero-order valence-corrected chi connectivity index (χ0v) is 18.0. The maximum atomic E-state index is 13.3. The molecule has 0 saturated carbocycles. The van der Waals surface area contributed by atoms with Gasteiger partial charge in [-0.2, -0.15) is 0 Å². The second-order valence-electron chi connectivity index (χ2n) is 6.95. The van der Waals surface area contributed by atoms with Crippen molar-refractivity contribution in [2.45, 2.75) is 26.8 Å². The summed E-state index contributed by atoms with van der Waals surface area (Å²) in [4.78, 5) is 13.3. The molecule has 0 bridgehead atoms. The maximum absolute atomic E-state index is 13.3. The number of nitrogens with one attached hydrogen (secondary N) is 3. The third-order valence-corrected chi connectivity index (χ3v) is 5.11.